The summed E-state index contributed by atoms with van der Waals surface area (Å²) in [5, 5.41) is 3.59. The smallest absolute Gasteiger partial charge is 0.162 e. The minimum atomic E-state index is -0.302. The summed E-state index contributed by atoms with van der Waals surface area (Å²) in [6.45, 7) is 3.08. The SMILES string of the molecule is O=C(CCCN1CCC(Nc2ccccc2)CC1)c1ccc(F)cc1. The molecule has 0 saturated carbocycles. The maximum Gasteiger partial charge on any atom is 0.162 e. The van der Waals surface area contributed by atoms with Crippen LogP contribution in [0.1, 0.15) is 36.0 Å². The highest BCUT2D eigenvalue weighted by Crippen LogP contribution is 2.17. The molecule has 0 unspecified atom stereocenters. The van der Waals surface area contributed by atoms with Crippen LogP contribution in [0.25, 0.3) is 0 Å². The van der Waals surface area contributed by atoms with Crippen molar-refractivity contribution < 1.29 is 9.18 Å². The summed E-state index contributed by atoms with van der Waals surface area (Å²) in [5.74, 6) is -0.204. The Hall–Kier alpha value is -2.20. The number of hydrogen-bond acceptors (Lipinski definition) is 3. The van der Waals surface area contributed by atoms with Crippen molar-refractivity contribution in [1.29, 1.82) is 0 Å². The van der Waals surface area contributed by atoms with Gasteiger partial charge in [0.15, 0.2) is 5.78 Å². The monoisotopic (exact) mass is 340 g/mol. The van der Waals surface area contributed by atoms with Gasteiger partial charge in [0.1, 0.15) is 5.82 Å². The number of Topliss-reactive ketones (excluding diaryl/α,β-unsaturated/α-hetero) is 1. The van der Waals surface area contributed by atoms with Gasteiger partial charge in [0.2, 0.25) is 0 Å². The van der Waals surface area contributed by atoms with Gasteiger partial charge in [-0.25, -0.2) is 4.39 Å². The van der Waals surface area contributed by atoms with Crippen molar-refractivity contribution in [2.24, 2.45) is 0 Å². The lowest BCUT2D eigenvalue weighted by molar-refractivity contribution is 0.0972. The summed E-state index contributed by atoms with van der Waals surface area (Å²) in [4.78, 5) is 14.5. The van der Waals surface area contributed by atoms with Crippen LogP contribution in [0.15, 0.2) is 54.6 Å². The van der Waals surface area contributed by atoms with Crippen LogP contribution in [0.2, 0.25) is 0 Å². The highest BCUT2D eigenvalue weighted by Gasteiger charge is 2.19. The number of rotatable bonds is 7. The molecule has 3 nitrogen and oxygen atoms in total. The number of anilines is 1. The number of carbonyl (C=O) groups is 1. The molecule has 25 heavy (non-hydrogen) atoms. The number of para-hydroxylation sites is 1. The molecule has 0 bridgehead atoms. The van der Waals surface area contributed by atoms with Crippen LogP contribution < -0.4 is 5.32 Å². The van der Waals surface area contributed by atoms with Crippen molar-refractivity contribution in [3.05, 3.63) is 66.0 Å². The number of nitrogens with one attached hydrogen (secondary N) is 1. The summed E-state index contributed by atoms with van der Waals surface area (Å²) < 4.78 is 12.9. The fourth-order valence-electron chi connectivity index (χ4n) is 3.31. The van der Waals surface area contributed by atoms with Crippen LogP contribution in [0.4, 0.5) is 10.1 Å². The summed E-state index contributed by atoms with van der Waals surface area (Å²) in [6, 6.07) is 16.7. The molecule has 1 saturated heterocycles. The van der Waals surface area contributed by atoms with E-state index < -0.39 is 0 Å². The van der Waals surface area contributed by atoms with Crippen molar-refractivity contribution in [1.82, 2.24) is 4.90 Å². The highest BCUT2D eigenvalue weighted by atomic mass is 19.1. The van der Waals surface area contributed by atoms with E-state index in [0.29, 0.717) is 18.0 Å². The number of carbonyl (C=O) groups excluding carboxylic acids is 1. The molecule has 132 valence electrons. The van der Waals surface area contributed by atoms with Crippen molar-refractivity contribution >= 4 is 11.5 Å². The molecule has 4 heteroatoms. The Morgan fingerprint density at radius 2 is 1.72 bits per heavy atom. The van der Waals surface area contributed by atoms with Gasteiger partial charge in [-0.3, -0.25) is 4.79 Å². The lowest BCUT2D eigenvalue weighted by atomic mass is 10.0. The minimum Gasteiger partial charge on any atom is -0.382 e. The Morgan fingerprint density at radius 1 is 1.04 bits per heavy atom. The molecule has 3 rings (SSSR count). The van der Waals surface area contributed by atoms with Crippen LogP contribution >= 0.6 is 0 Å². The number of halogens is 1. The Labute approximate surface area is 148 Å². The van der Waals surface area contributed by atoms with Crippen molar-refractivity contribution in [3.63, 3.8) is 0 Å². The molecule has 0 aliphatic carbocycles. The molecule has 0 spiro atoms. The fraction of sp³-hybridized carbons (Fsp3) is 0.381. The summed E-state index contributed by atoms with van der Waals surface area (Å²) in [5.41, 5.74) is 1.79. The lowest BCUT2D eigenvalue weighted by Gasteiger charge is -2.32. The third kappa shape index (κ3) is 5.40. The first-order chi connectivity index (χ1) is 12.2. The molecule has 0 radical (unpaired) electrons. The van der Waals surface area contributed by atoms with E-state index >= 15 is 0 Å². The molecule has 1 aliphatic rings. The molecule has 0 amide bonds. The van der Waals surface area contributed by atoms with E-state index in [9.17, 15) is 9.18 Å². The Bertz CT molecular complexity index is 664. The molecule has 1 N–H and O–H groups in total. The van der Waals surface area contributed by atoms with E-state index in [-0.39, 0.29) is 11.6 Å². The molecule has 2 aromatic rings. The lowest BCUT2D eigenvalue weighted by Crippen LogP contribution is -2.39. The second-order valence-electron chi connectivity index (χ2n) is 6.66. The number of nitrogens with zero attached hydrogens (tertiary/aromatic N) is 1. The van der Waals surface area contributed by atoms with Gasteiger partial charge >= 0.3 is 0 Å². The van der Waals surface area contributed by atoms with Crippen LogP contribution in [0.3, 0.4) is 0 Å². The van der Waals surface area contributed by atoms with Crippen LogP contribution in [0, 0.1) is 5.82 Å². The molecule has 1 fully saturated rings. The topological polar surface area (TPSA) is 32.3 Å². The van der Waals surface area contributed by atoms with Crippen LogP contribution in [-0.2, 0) is 0 Å². The summed E-state index contributed by atoms with van der Waals surface area (Å²) >= 11 is 0. The molecule has 1 aliphatic heterocycles. The predicted octanol–water partition coefficient (Wildman–Crippen LogP) is 4.37. The molecule has 1 heterocycles. The van der Waals surface area contributed by atoms with Gasteiger partial charge in [-0.05, 0) is 62.2 Å². The quantitative estimate of drug-likeness (QED) is 0.760. The summed E-state index contributed by atoms with van der Waals surface area (Å²) in [6.07, 6.45) is 3.63. The van der Waals surface area contributed by atoms with Gasteiger partial charge in [-0.1, -0.05) is 18.2 Å². The largest absolute Gasteiger partial charge is 0.382 e. The number of benzene rings is 2. The van der Waals surface area contributed by atoms with E-state index in [2.05, 4.69) is 34.5 Å². The first-order valence-electron chi connectivity index (χ1n) is 9.03. The maximum absolute atomic E-state index is 12.9. The molecular weight excluding hydrogens is 315 g/mol. The zero-order valence-electron chi connectivity index (χ0n) is 14.5. The van der Waals surface area contributed by atoms with Gasteiger partial charge in [-0.2, -0.15) is 0 Å². The van der Waals surface area contributed by atoms with E-state index in [4.69, 9.17) is 0 Å². The van der Waals surface area contributed by atoms with E-state index in [0.717, 1.165) is 38.9 Å². The average Bonchev–Trinajstić information content (AvgIpc) is 2.64. The van der Waals surface area contributed by atoms with E-state index in [1.165, 1.54) is 17.8 Å². The molecule has 0 atom stereocenters. The predicted molar refractivity (Wildman–Crippen MR) is 99.5 cm³/mol. The van der Waals surface area contributed by atoms with Gasteiger partial charge in [0.05, 0.1) is 0 Å². The minimum absolute atomic E-state index is 0.0978. The average molecular weight is 340 g/mol. The summed E-state index contributed by atoms with van der Waals surface area (Å²) in [7, 11) is 0. The third-order valence-corrected chi connectivity index (χ3v) is 4.78. The van der Waals surface area contributed by atoms with Crippen molar-refractivity contribution in [2.45, 2.75) is 31.7 Å². The molecule has 2 aromatic carbocycles. The van der Waals surface area contributed by atoms with Crippen molar-refractivity contribution in [2.75, 3.05) is 25.0 Å². The number of likely N-dealkylation sites (tertiary alicyclic amines) is 1. The standard InChI is InChI=1S/C21H25FN2O/c22-18-10-8-17(9-11-18)21(25)7-4-14-24-15-12-20(13-16-24)23-19-5-2-1-3-6-19/h1-3,5-6,8-11,20,23H,4,7,12-16H2. The third-order valence-electron chi connectivity index (χ3n) is 4.78. The second kappa shape index (κ2) is 8.77. The Balaban J connectivity index is 1.35. The number of hydrogen-bond donors (Lipinski definition) is 1. The van der Waals surface area contributed by atoms with Crippen LogP contribution in [0.5, 0.6) is 0 Å². The Kier molecular flexibility index (Phi) is 6.18. The normalized spacial score (nSPS) is 15.9. The zero-order valence-corrected chi connectivity index (χ0v) is 14.5. The van der Waals surface area contributed by atoms with E-state index in [1.54, 1.807) is 12.1 Å². The number of piperidine rings is 1. The maximum atomic E-state index is 12.9. The van der Waals surface area contributed by atoms with Gasteiger partial charge in [-0.15, -0.1) is 0 Å². The van der Waals surface area contributed by atoms with Gasteiger partial charge < -0.3 is 10.2 Å². The Morgan fingerprint density at radius 3 is 2.40 bits per heavy atom. The van der Waals surface area contributed by atoms with Gasteiger partial charge in [0.25, 0.3) is 0 Å². The zero-order chi connectivity index (χ0) is 17.5. The highest BCUT2D eigenvalue weighted by molar-refractivity contribution is 5.95. The van der Waals surface area contributed by atoms with Crippen LogP contribution in [-0.4, -0.2) is 36.4 Å². The fourth-order valence-corrected chi connectivity index (χ4v) is 3.31. The first-order valence-corrected chi connectivity index (χ1v) is 9.03. The van der Waals surface area contributed by atoms with E-state index in [1.807, 2.05) is 6.07 Å². The number of ketones is 1. The second-order valence-corrected chi connectivity index (χ2v) is 6.66. The first kappa shape index (κ1) is 17.6. The van der Waals surface area contributed by atoms with Gasteiger partial charge in [0, 0.05) is 36.8 Å². The molecular formula is C21H25FN2O. The molecule has 0 aromatic heterocycles. The van der Waals surface area contributed by atoms with Crippen molar-refractivity contribution in [3.8, 4) is 0 Å².